The molecule has 1 aliphatic carbocycles. The minimum absolute atomic E-state index is 0.0247. The maximum absolute atomic E-state index is 13.8. The third-order valence-electron chi connectivity index (χ3n) is 8.47. The van der Waals surface area contributed by atoms with Gasteiger partial charge in [-0.05, 0) is 53.9 Å². The van der Waals surface area contributed by atoms with E-state index in [1.165, 1.54) is 36.1 Å². The predicted molar refractivity (Wildman–Crippen MR) is 142 cm³/mol. The molecule has 2 fully saturated rings. The highest BCUT2D eigenvalue weighted by atomic mass is 16.3. The number of hydrogen-bond acceptors (Lipinski definition) is 4. The highest BCUT2D eigenvalue weighted by molar-refractivity contribution is 6.01. The molecule has 0 bridgehead atoms. The predicted octanol–water partition coefficient (Wildman–Crippen LogP) is 4.49. The zero-order valence-electron chi connectivity index (χ0n) is 21.9. The van der Waals surface area contributed by atoms with Crippen molar-refractivity contribution < 1.29 is 19.5 Å². The summed E-state index contributed by atoms with van der Waals surface area (Å²) in [6.07, 6.45) is 5.60. The van der Waals surface area contributed by atoms with Crippen LogP contribution < -0.4 is 0 Å². The van der Waals surface area contributed by atoms with E-state index in [9.17, 15) is 19.5 Å². The van der Waals surface area contributed by atoms with Crippen LogP contribution in [0, 0.1) is 5.92 Å². The second kappa shape index (κ2) is 10.8. The molecule has 6 nitrogen and oxygen atoms in total. The Labute approximate surface area is 219 Å². The van der Waals surface area contributed by atoms with E-state index >= 15 is 0 Å². The molecule has 1 saturated carbocycles. The Bertz CT molecular complexity index is 1150. The molecular formula is C31H38N2O4. The van der Waals surface area contributed by atoms with Gasteiger partial charge in [0.25, 0.3) is 5.91 Å². The summed E-state index contributed by atoms with van der Waals surface area (Å²) >= 11 is 0. The number of nitrogens with zero attached hydrogens (tertiary/aromatic N) is 2. The molecule has 0 aromatic heterocycles. The fraction of sp³-hybridized carbons (Fsp3) is 0.516. The van der Waals surface area contributed by atoms with Gasteiger partial charge in [0.05, 0.1) is 12.1 Å². The molecule has 1 N–H and O–H groups in total. The number of aliphatic hydroxyl groups excluding tert-OH is 1. The van der Waals surface area contributed by atoms with E-state index < -0.39 is 18.2 Å². The summed E-state index contributed by atoms with van der Waals surface area (Å²) in [5.41, 5.74) is 4.06. The quantitative estimate of drug-likeness (QED) is 0.577. The average Bonchev–Trinajstić information content (AvgIpc) is 3.63. The van der Waals surface area contributed by atoms with E-state index in [0.717, 1.165) is 11.1 Å². The summed E-state index contributed by atoms with van der Waals surface area (Å²) in [6, 6.07) is 14.8. The first kappa shape index (κ1) is 25.7. The van der Waals surface area contributed by atoms with Crippen molar-refractivity contribution in [3.05, 3.63) is 70.8 Å². The number of Topliss-reactive ketones (excluding diaryl/α,β-unsaturated/α-hetero) is 1. The monoisotopic (exact) mass is 502 g/mol. The number of benzene rings is 2. The molecule has 1 saturated heterocycles. The third-order valence-corrected chi connectivity index (χ3v) is 8.47. The van der Waals surface area contributed by atoms with Crippen LogP contribution in [0.4, 0.5) is 0 Å². The van der Waals surface area contributed by atoms with Crippen LogP contribution in [-0.4, -0.2) is 57.2 Å². The number of aryl methyl sites for hydroxylation is 1. The van der Waals surface area contributed by atoms with Crippen LogP contribution >= 0.6 is 0 Å². The highest BCUT2D eigenvalue weighted by Gasteiger charge is 2.45. The summed E-state index contributed by atoms with van der Waals surface area (Å²) in [5.74, 6) is 0.124. The lowest BCUT2D eigenvalue weighted by molar-refractivity contribution is -0.142. The molecule has 2 amide bonds. The molecule has 0 radical (unpaired) electrons. The molecule has 6 heteroatoms. The van der Waals surface area contributed by atoms with Gasteiger partial charge in [-0.15, -0.1) is 0 Å². The third kappa shape index (κ3) is 5.22. The van der Waals surface area contributed by atoms with Crippen molar-refractivity contribution in [2.45, 2.75) is 89.4 Å². The van der Waals surface area contributed by atoms with E-state index in [1.54, 1.807) is 11.0 Å². The van der Waals surface area contributed by atoms with E-state index in [1.807, 2.05) is 32.0 Å². The van der Waals surface area contributed by atoms with Gasteiger partial charge in [-0.25, -0.2) is 0 Å². The summed E-state index contributed by atoms with van der Waals surface area (Å²) in [4.78, 5) is 43.5. The van der Waals surface area contributed by atoms with Crippen LogP contribution in [0.2, 0.25) is 0 Å². The largest absolute Gasteiger partial charge is 0.391 e. The Morgan fingerprint density at radius 1 is 1.03 bits per heavy atom. The highest BCUT2D eigenvalue weighted by Crippen LogP contribution is 2.34. The van der Waals surface area contributed by atoms with Gasteiger partial charge < -0.3 is 14.9 Å². The van der Waals surface area contributed by atoms with E-state index in [-0.39, 0.29) is 36.5 Å². The lowest BCUT2D eigenvalue weighted by Crippen LogP contribution is -2.54. The van der Waals surface area contributed by atoms with Crippen molar-refractivity contribution in [1.82, 2.24) is 9.80 Å². The molecule has 0 unspecified atom stereocenters. The van der Waals surface area contributed by atoms with Gasteiger partial charge in [-0.2, -0.15) is 0 Å². The minimum Gasteiger partial charge on any atom is -0.391 e. The van der Waals surface area contributed by atoms with Crippen molar-refractivity contribution in [3.8, 4) is 0 Å². The van der Waals surface area contributed by atoms with Crippen LogP contribution in [0.5, 0.6) is 0 Å². The Kier molecular flexibility index (Phi) is 7.47. The number of carbonyl (C=O) groups is 3. The second-order valence-corrected chi connectivity index (χ2v) is 11.4. The molecular weight excluding hydrogens is 464 g/mol. The normalized spacial score (nSPS) is 22.6. The summed E-state index contributed by atoms with van der Waals surface area (Å²) in [7, 11) is 0. The first-order valence-corrected chi connectivity index (χ1v) is 13.8. The molecule has 3 atom stereocenters. The lowest BCUT2D eigenvalue weighted by atomic mass is 9.95. The number of aliphatic hydroxyl groups is 1. The van der Waals surface area contributed by atoms with Crippen molar-refractivity contribution >= 4 is 17.6 Å². The summed E-state index contributed by atoms with van der Waals surface area (Å²) in [6.45, 7) is 4.37. The Balaban J connectivity index is 1.26. The Morgan fingerprint density at radius 3 is 2.41 bits per heavy atom. The van der Waals surface area contributed by atoms with Crippen molar-refractivity contribution in [1.29, 1.82) is 0 Å². The average molecular weight is 503 g/mol. The molecule has 196 valence electrons. The molecule has 2 aromatic carbocycles. The van der Waals surface area contributed by atoms with Crippen molar-refractivity contribution in [3.63, 3.8) is 0 Å². The van der Waals surface area contributed by atoms with E-state index in [2.05, 4.69) is 24.3 Å². The number of fused-ring (bicyclic) bond motifs is 1. The standard InChI is InChI=1S/C31H38N2O4/c1-20(2)29(33-18-24-9-5-6-10-26(24)30(33)36)31(37)32-19-25(34)17-27(32)28(35)16-13-21-11-14-23(15-12-21)22-7-3-4-8-22/h5-6,9-12,14-15,20,22,25,27,29,34H,3-4,7-8,13,16-19H2,1-2H3/t25-,27+,29+/m1/s1. The minimum atomic E-state index is -0.733. The summed E-state index contributed by atoms with van der Waals surface area (Å²) in [5, 5.41) is 10.4. The van der Waals surface area contributed by atoms with Gasteiger partial charge in [0.1, 0.15) is 6.04 Å². The first-order valence-electron chi connectivity index (χ1n) is 13.8. The molecule has 5 rings (SSSR count). The second-order valence-electron chi connectivity index (χ2n) is 11.4. The van der Waals surface area contributed by atoms with Gasteiger partial charge in [0.15, 0.2) is 5.78 Å². The zero-order chi connectivity index (χ0) is 26.1. The smallest absolute Gasteiger partial charge is 0.255 e. The fourth-order valence-corrected chi connectivity index (χ4v) is 6.46. The number of β-amino-alcohol motifs (C(OH)–C–C–N with tert-alkyl or cyclic N) is 1. The molecule has 3 aliphatic rings. The number of ketones is 1. The van der Waals surface area contributed by atoms with Gasteiger partial charge in [-0.1, -0.05) is 69.2 Å². The van der Waals surface area contributed by atoms with Gasteiger partial charge in [0, 0.05) is 31.5 Å². The zero-order valence-corrected chi connectivity index (χ0v) is 21.9. The van der Waals surface area contributed by atoms with Crippen molar-refractivity contribution in [2.75, 3.05) is 6.54 Å². The lowest BCUT2D eigenvalue weighted by Gasteiger charge is -2.35. The summed E-state index contributed by atoms with van der Waals surface area (Å²) < 4.78 is 0. The molecule has 2 aromatic rings. The maximum Gasteiger partial charge on any atom is 0.255 e. The van der Waals surface area contributed by atoms with Crippen molar-refractivity contribution in [2.24, 2.45) is 5.92 Å². The number of hydrogen-bond donors (Lipinski definition) is 1. The Hall–Kier alpha value is -2.99. The number of rotatable bonds is 8. The van der Waals surface area contributed by atoms with Gasteiger partial charge in [0.2, 0.25) is 5.91 Å². The molecule has 37 heavy (non-hydrogen) atoms. The maximum atomic E-state index is 13.8. The SMILES string of the molecule is CC(C)[C@@H](C(=O)N1C[C@H](O)C[C@H]1C(=O)CCc1ccc(C2CCCC2)cc1)N1Cc2ccccc2C1=O. The van der Waals surface area contributed by atoms with E-state index in [0.29, 0.717) is 30.9 Å². The molecule has 0 spiro atoms. The number of carbonyl (C=O) groups excluding carboxylic acids is 3. The van der Waals surface area contributed by atoms with Crippen LogP contribution in [-0.2, 0) is 22.6 Å². The fourth-order valence-electron chi connectivity index (χ4n) is 6.46. The van der Waals surface area contributed by atoms with Crippen LogP contribution in [0.15, 0.2) is 48.5 Å². The molecule has 2 aliphatic heterocycles. The topological polar surface area (TPSA) is 77.9 Å². The van der Waals surface area contributed by atoms with Crippen LogP contribution in [0.1, 0.15) is 85.3 Å². The van der Waals surface area contributed by atoms with Crippen LogP contribution in [0.25, 0.3) is 0 Å². The van der Waals surface area contributed by atoms with Crippen LogP contribution in [0.3, 0.4) is 0 Å². The first-order chi connectivity index (χ1) is 17.8. The number of amides is 2. The van der Waals surface area contributed by atoms with E-state index in [4.69, 9.17) is 0 Å². The van der Waals surface area contributed by atoms with Gasteiger partial charge >= 0.3 is 0 Å². The molecule has 2 heterocycles. The Morgan fingerprint density at radius 2 is 1.73 bits per heavy atom. The number of likely N-dealkylation sites (tertiary alicyclic amines) is 1. The van der Waals surface area contributed by atoms with Gasteiger partial charge in [-0.3, -0.25) is 14.4 Å².